The third-order valence-electron chi connectivity index (χ3n) is 6.89. The number of likely N-dealkylation sites (tertiary alicyclic amines) is 1. The van der Waals surface area contributed by atoms with E-state index >= 15 is 0 Å². The van der Waals surface area contributed by atoms with Crippen molar-refractivity contribution in [1.82, 2.24) is 20.2 Å². The summed E-state index contributed by atoms with van der Waals surface area (Å²) in [6.07, 6.45) is 7.37. The second kappa shape index (κ2) is 8.48. The van der Waals surface area contributed by atoms with Gasteiger partial charge in [0.1, 0.15) is 23.1 Å². The molecule has 1 fully saturated rings. The zero-order chi connectivity index (χ0) is 25.7. The number of terminal acetylenes is 1. The highest BCUT2D eigenvalue weighted by molar-refractivity contribution is 6.07. The van der Waals surface area contributed by atoms with E-state index in [1.807, 2.05) is 18.2 Å². The van der Waals surface area contributed by atoms with Crippen molar-refractivity contribution in [3.63, 3.8) is 0 Å². The van der Waals surface area contributed by atoms with Gasteiger partial charge in [0.15, 0.2) is 0 Å². The summed E-state index contributed by atoms with van der Waals surface area (Å²) in [5, 5.41) is 6.30. The molecular formula is C27H26FN5O3. The zero-order valence-electron chi connectivity index (χ0n) is 20.0. The van der Waals surface area contributed by atoms with Crippen LogP contribution < -0.4 is 10.6 Å². The van der Waals surface area contributed by atoms with Gasteiger partial charge in [-0.05, 0) is 50.1 Å². The van der Waals surface area contributed by atoms with Crippen molar-refractivity contribution < 1.29 is 18.8 Å². The minimum atomic E-state index is -1.75. The van der Waals surface area contributed by atoms with E-state index in [-0.39, 0.29) is 31.0 Å². The summed E-state index contributed by atoms with van der Waals surface area (Å²) >= 11 is 0. The van der Waals surface area contributed by atoms with Crippen LogP contribution in [-0.4, -0.2) is 56.9 Å². The molecule has 9 heteroatoms. The molecule has 0 bridgehead atoms. The lowest BCUT2D eigenvalue weighted by atomic mass is 9.79. The minimum absolute atomic E-state index is 0.0406. The average Bonchev–Trinajstić information content (AvgIpc) is 3.52. The number of benzene rings is 1. The van der Waals surface area contributed by atoms with Crippen LogP contribution in [0.15, 0.2) is 48.7 Å². The van der Waals surface area contributed by atoms with E-state index in [4.69, 9.17) is 6.42 Å². The molecule has 4 heterocycles. The van der Waals surface area contributed by atoms with Crippen LogP contribution in [-0.2, 0) is 15.0 Å². The second-order valence-electron chi connectivity index (χ2n) is 10.0. The molecule has 1 aromatic carbocycles. The first-order chi connectivity index (χ1) is 17.1. The summed E-state index contributed by atoms with van der Waals surface area (Å²) in [6.45, 7) is 2.73. The number of halogens is 1. The van der Waals surface area contributed by atoms with Crippen molar-refractivity contribution in [1.29, 1.82) is 0 Å². The molecule has 184 valence electrons. The number of nitrogens with zero attached hydrogens (tertiary/aromatic N) is 2. The molecule has 3 N–H and O–H groups in total. The second-order valence-corrected chi connectivity index (χ2v) is 10.0. The normalized spacial score (nSPS) is 21.8. The quantitative estimate of drug-likeness (QED) is 0.481. The third kappa shape index (κ3) is 3.98. The number of fused-ring (bicyclic) bond motifs is 3. The average molecular weight is 488 g/mol. The largest absolute Gasteiger partial charge is 0.339 e. The first-order valence-electron chi connectivity index (χ1n) is 11.7. The number of aromatic nitrogens is 2. The van der Waals surface area contributed by atoms with Crippen molar-refractivity contribution in [2.75, 3.05) is 11.9 Å². The van der Waals surface area contributed by atoms with Gasteiger partial charge in [0.25, 0.3) is 5.91 Å². The summed E-state index contributed by atoms with van der Waals surface area (Å²) in [4.78, 5) is 48.5. The van der Waals surface area contributed by atoms with Crippen molar-refractivity contribution >= 4 is 34.4 Å². The molecular weight excluding hydrogens is 461 g/mol. The molecule has 0 saturated carbocycles. The van der Waals surface area contributed by atoms with Gasteiger partial charge in [0.05, 0.1) is 11.5 Å². The SMILES string of the molecule is C#CC1C[C@@]2(CN1C(=O)C(CC(C)(C)F)NC(=O)c1cc3cccnc3[nH]1)C(=O)Nc1ccccc12. The van der Waals surface area contributed by atoms with Crippen molar-refractivity contribution in [3.8, 4) is 12.3 Å². The summed E-state index contributed by atoms with van der Waals surface area (Å²) in [6, 6.07) is 10.6. The monoisotopic (exact) mass is 487 g/mol. The lowest BCUT2D eigenvalue weighted by Crippen LogP contribution is -2.52. The van der Waals surface area contributed by atoms with E-state index in [0.717, 1.165) is 10.9 Å². The molecule has 0 radical (unpaired) electrons. The molecule has 2 aromatic heterocycles. The first-order valence-corrected chi connectivity index (χ1v) is 11.7. The van der Waals surface area contributed by atoms with Crippen LogP contribution in [0.25, 0.3) is 11.0 Å². The van der Waals surface area contributed by atoms with Gasteiger partial charge in [-0.3, -0.25) is 14.4 Å². The van der Waals surface area contributed by atoms with Gasteiger partial charge in [-0.25, -0.2) is 9.37 Å². The molecule has 1 spiro atoms. The molecule has 2 aliphatic rings. The fraction of sp³-hybridized carbons (Fsp3) is 0.333. The number of para-hydroxylation sites is 1. The van der Waals surface area contributed by atoms with Crippen LogP contribution in [0.4, 0.5) is 10.1 Å². The Hall–Kier alpha value is -4.19. The topological polar surface area (TPSA) is 107 Å². The highest BCUT2D eigenvalue weighted by atomic mass is 19.1. The van der Waals surface area contributed by atoms with Gasteiger partial charge < -0.3 is 20.5 Å². The number of H-pyrrole nitrogens is 1. The summed E-state index contributed by atoms with van der Waals surface area (Å²) in [5.41, 5.74) is -0.552. The maximum Gasteiger partial charge on any atom is 0.268 e. The molecule has 0 aliphatic carbocycles. The fourth-order valence-electron chi connectivity index (χ4n) is 5.22. The minimum Gasteiger partial charge on any atom is -0.339 e. The number of hydrogen-bond acceptors (Lipinski definition) is 4. The van der Waals surface area contributed by atoms with Crippen LogP contribution in [0.1, 0.15) is 42.7 Å². The Bertz CT molecular complexity index is 1390. The predicted octanol–water partition coefficient (Wildman–Crippen LogP) is 2.92. The van der Waals surface area contributed by atoms with Gasteiger partial charge in [-0.2, -0.15) is 0 Å². The number of aromatic amines is 1. The van der Waals surface area contributed by atoms with E-state index < -0.39 is 35.0 Å². The van der Waals surface area contributed by atoms with Gasteiger partial charge in [-0.15, -0.1) is 6.42 Å². The van der Waals surface area contributed by atoms with Gasteiger partial charge in [0, 0.05) is 30.2 Å². The van der Waals surface area contributed by atoms with Gasteiger partial charge in [-0.1, -0.05) is 24.1 Å². The molecule has 2 aliphatic heterocycles. The Balaban J connectivity index is 1.44. The summed E-state index contributed by atoms with van der Waals surface area (Å²) < 4.78 is 14.8. The number of carbonyl (C=O) groups is 3. The predicted molar refractivity (Wildman–Crippen MR) is 133 cm³/mol. The number of amides is 3. The lowest BCUT2D eigenvalue weighted by molar-refractivity contribution is -0.134. The van der Waals surface area contributed by atoms with Crippen LogP contribution in [0, 0.1) is 12.3 Å². The molecule has 8 nitrogen and oxygen atoms in total. The van der Waals surface area contributed by atoms with E-state index in [1.54, 1.807) is 30.5 Å². The fourth-order valence-corrected chi connectivity index (χ4v) is 5.22. The maximum atomic E-state index is 14.8. The van der Waals surface area contributed by atoms with Crippen LogP contribution in [0.3, 0.4) is 0 Å². The van der Waals surface area contributed by atoms with E-state index in [1.165, 1.54) is 18.7 Å². The Morgan fingerprint density at radius 3 is 2.83 bits per heavy atom. The number of nitrogens with one attached hydrogen (secondary N) is 3. The molecule has 3 atom stereocenters. The number of rotatable bonds is 5. The number of hydrogen-bond donors (Lipinski definition) is 3. The number of pyridine rings is 1. The van der Waals surface area contributed by atoms with Gasteiger partial charge >= 0.3 is 0 Å². The Kier molecular flexibility index (Phi) is 5.55. The van der Waals surface area contributed by atoms with Gasteiger partial charge in [0.2, 0.25) is 11.8 Å². The summed E-state index contributed by atoms with van der Waals surface area (Å²) in [7, 11) is 0. The van der Waals surface area contributed by atoms with Crippen molar-refractivity contribution in [3.05, 3.63) is 59.9 Å². The van der Waals surface area contributed by atoms with Crippen LogP contribution in [0.5, 0.6) is 0 Å². The molecule has 3 aromatic rings. The number of anilines is 1. The van der Waals surface area contributed by atoms with E-state index in [9.17, 15) is 18.8 Å². The lowest BCUT2D eigenvalue weighted by Gasteiger charge is -2.30. The molecule has 5 rings (SSSR count). The summed E-state index contributed by atoms with van der Waals surface area (Å²) in [5.74, 6) is 1.30. The van der Waals surface area contributed by atoms with Crippen LogP contribution in [0.2, 0.25) is 0 Å². The molecule has 3 amide bonds. The third-order valence-corrected chi connectivity index (χ3v) is 6.89. The van der Waals surface area contributed by atoms with E-state index in [0.29, 0.717) is 11.3 Å². The highest BCUT2D eigenvalue weighted by Crippen LogP contribution is 2.46. The van der Waals surface area contributed by atoms with Crippen molar-refractivity contribution in [2.45, 2.75) is 49.9 Å². The van der Waals surface area contributed by atoms with E-state index in [2.05, 4.69) is 26.5 Å². The Labute approximate surface area is 207 Å². The number of alkyl halides is 1. The molecule has 2 unspecified atom stereocenters. The Morgan fingerprint density at radius 2 is 2.11 bits per heavy atom. The van der Waals surface area contributed by atoms with Crippen LogP contribution >= 0.6 is 0 Å². The molecule has 36 heavy (non-hydrogen) atoms. The standard InChI is InChI=1S/C27H26FN5O3/c1-4-17-13-27(18-9-5-6-10-19(18)32-25(27)36)15-33(17)24(35)21(14-26(2,3)28)31-23(34)20-12-16-8-7-11-29-22(16)30-20/h1,5-12,17,21H,13-15H2,2-3H3,(H,29,30)(H,31,34)(H,32,36)/t17?,21?,27-/m0/s1. The molecule has 1 saturated heterocycles. The maximum absolute atomic E-state index is 14.8. The highest BCUT2D eigenvalue weighted by Gasteiger charge is 2.56. The smallest absolute Gasteiger partial charge is 0.268 e. The first kappa shape index (κ1) is 23.5. The number of carbonyl (C=O) groups excluding carboxylic acids is 3. The zero-order valence-corrected chi connectivity index (χ0v) is 20.0. The van der Waals surface area contributed by atoms with Crippen molar-refractivity contribution in [2.24, 2.45) is 0 Å². The Morgan fingerprint density at radius 1 is 1.33 bits per heavy atom.